The molecule has 3 heteroatoms. The van der Waals surface area contributed by atoms with Gasteiger partial charge in [0.1, 0.15) is 12.1 Å². The highest BCUT2D eigenvalue weighted by molar-refractivity contribution is 5.32. The zero-order valence-electron chi connectivity index (χ0n) is 8.49. The number of hydrogen-bond acceptors (Lipinski definition) is 3. The van der Waals surface area contributed by atoms with Crippen LogP contribution in [0, 0.1) is 5.92 Å². The molecule has 1 aromatic rings. The molecule has 0 amide bonds. The fourth-order valence-corrected chi connectivity index (χ4v) is 1.11. The van der Waals surface area contributed by atoms with E-state index in [-0.39, 0.29) is 0 Å². The van der Waals surface area contributed by atoms with E-state index in [1.807, 2.05) is 6.07 Å². The molecule has 0 aliphatic carbocycles. The summed E-state index contributed by atoms with van der Waals surface area (Å²) in [7, 11) is 0. The molecule has 2 unspecified atom stereocenters. The monoisotopic (exact) mass is 179 g/mol. The molecule has 0 spiro atoms. The van der Waals surface area contributed by atoms with Gasteiger partial charge in [-0.3, -0.25) is 0 Å². The standard InChI is InChI=1S/C10H17N3/c1-4-8(2)9(3)13-10-5-6-11-7-12-10/h5-9H,4H2,1-3H3,(H,11,12,13). The average Bonchev–Trinajstić information content (AvgIpc) is 2.18. The summed E-state index contributed by atoms with van der Waals surface area (Å²) >= 11 is 0. The third-order valence-corrected chi connectivity index (χ3v) is 2.46. The Bertz CT molecular complexity index is 235. The molecule has 0 aromatic carbocycles. The second kappa shape index (κ2) is 4.80. The Morgan fingerprint density at radius 2 is 2.23 bits per heavy atom. The van der Waals surface area contributed by atoms with Crippen LogP contribution in [0.15, 0.2) is 18.6 Å². The summed E-state index contributed by atoms with van der Waals surface area (Å²) in [6.45, 7) is 6.61. The predicted octanol–water partition coefficient (Wildman–Crippen LogP) is 2.32. The van der Waals surface area contributed by atoms with Gasteiger partial charge in [0.05, 0.1) is 0 Å². The maximum atomic E-state index is 4.11. The third-order valence-electron chi connectivity index (χ3n) is 2.46. The quantitative estimate of drug-likeness (QED) is 0.770. The number of hydrogen-bond donors (Lipinski definition) is 1. The van der Waals surface area contributed by atoms with E-state index in [1.165, 1.54) is 6.42 Å². The Labute approximate surface area is 79.6 Å². The molecule has 3 nitrogen and oxygen atoms in total. The molecule has 0 saturated carbocycles. The highest BCUT2D eigenvalue weighted by Gasteiger charge is 2.09. The molecule has 0 aliphatic rings. The van der Waals surface area contributed by atoms with Crippen LogP contribution < -0.4 is 5.32 Å². The Morgan fingerprint density at radius 3 is 2.77 bits per heavy atom. The van der Waals surface area contributed by atoms with Crippen LogP contribution in [0.25, 0.3) is 0 Å². The topological polar surface area (TPSA) is 37.8 Å². The van der Waals surface area contributed by atoms with Gasteiger partial charge in [0.25, 0.3) is 0 Å². The lowest BCUT2D eigenvalue weighted by Crippen LogP contribution is -2.23. The van der Waals surface area contributed by atoms with Crippen molar-refractivity contribution in [3.8, 4) is 0 Å². The van der Waals surface area contributed by atoms with Crippen molar-refractivity contribution in [3.63, 3.8) is 0 Å². The minimum atomic E-state index is 0.458. The molecule has 1 rings (SSSR count). The van der Waals surface area contributed by atoms with Crippen LogP contribution in [-0.2, 0) is 0 Å². The fraction of sp³-hybridized carbons (Fsp3) is 0.600. The van der Waals surface area contributed by atoms with Crippen molar-refractivity contribution in [3.05, 3.63) is 18.6 Å². The van der Waals surface area contributed by atoms with Crippen LogP contribution in [0.5, 0.6) is 0 Å². The van der Waals surface area contributed by atoms with Gasteiger partial charge in [0.2, 0.25) is 0 Å². The van der Waals surface area contributed by atoms with Gasteiger partial charge in [-0.05, 0) is 18.9 Å². The van der Waals surface area contributed by atoms with Crippen molar-refractivity contribution in [2.75, 3.05) is 5.32 Å². The second-order valence-corrected chi connectivity index (χ2v) is 3.41. The normalized spacial score (nSPS) is 15.0. The van der Waals surface area contributed by atoms with Crippen molar-refractivity contribution in [2.45, 2.75) is 33.2 Å². The van der Waals surface area contributed by atoms with Crippen LogP contribution in [-0.4, -0.2) is 16.0 Å². The highest BCUT2D eigenvalue weighted by Crippen LogP contribution is 2.11. The minimum absolute atomic E-state index is 0.458. The molecule has 0 fully saturated rings. The smallest absolute Gasteiger partial charge is 0.129 e. The lowest BCUT2D eigenvalue weighted by atomic mass is 10.0. The molecule has 2 atom stereocenters. The van der Waals surface area contributed by atoms with Gasteiger partial charge in [-0.1, -0.05) is 20.3 Å². The Hall–Kier alpha value is -1.12. The fourth-order valence-electron chi connectivity index (χ4n) is 1.11. The number of nitrogens with zero attached hydrogens (tertiary/aromatic N) is 2. The molecule has 1 heterocycles. The van der Waals surface area contributed by atoms with Crippen LogP contribution in [0.4, 0.5) is 5.82 Å². The zero-order chi connectivity index (χ0) is 9.68. The molecule has 1 aromatic heterocycles. The number of anilines is 1. The first-order chi connectivity index (χ1) is 6.24. The largest absolute Gasteiger partial charge is 0.367 e. The molecule has 13 heavy (non-hydrogen) atoms. The number of aromatic nitrogens is 2. The first-order valence-electron chi connectivity index (χ1n) is 4.76. The lowest BCUT2D eigenvalue weighted by molar-refractivity contribution is 0.493. The van der Waals surface area contributed by atoms with Gasteiger partial charge in [0, 0.05) is 12.2 Å². The first kappa shape index (κ1) is 9.96. The van der Waals surface area contributed by atoms with Crippen molar-refractivity contribution in [2.24, 2.45) is 5.92 Å². The van der Waals surface area contributed by atoms with E-state index >= 15 is 0 Å². The molecular formula is C10H17N3. The summed E-state index contributed by atoms with van der Waals surface area (Å²) in [6.07, 6.45) is 4.49. The maximum Gasteiger partial charge on any atom is 0.129 e. The van der Waals surface area contributed by atoms with E-state index in [0.717, 1.165) is 5.82 Å². The van der Waals surface area contributed by atoms with Crippen LogP contribution in [0.2, 0.25) is 0 Å². The van der Waals surface area contributed by atoms with E-state index in [2.05, 4.69) is 36.1 Å². The first-order valence-corrected chi connectivity index (χ1v) is 4.76. The van der Waals surface area contributed by atoms with Gasteiger partial charge < -0.3 is 5.32 Å². The highest BCUT2D eigenvalue weighted by atomic mass is 15.0. The predicted molar refractivity (Wildman–Crippen MR) is 54.6 cm³/mol. The van der Waals surface area contributed by atoms with Crippen molar-refractivity contribution < 1.29 is 0 Å². The van der Waals surface area contributed by atoms with E-state index in [0.29, 0.717) is 12.0 Å². The van der Waals surface area contributed by atoms with Gasteiger partial charge in [-0.2, -0.15) is 0 Å². The summed E-state index contributed by atoms with van der Waals surface area (Å²) < 4.78 is 0. The SMILES string of the molecule is CCC(C)C(C)Nc1ccncn1. The third kappa shape index (κ3) is 3.01. The van der Waals surface area contributed by atoms with E-state index in [9.17, 15) is 0 Å². The zero-order valence-corrected chi connectivity index (χ0v) is 8.49. The Balaban J connectivity index is 2.50. The average molecular weight is 179 g/mol. The summed E-state index contributed by atoms with van der Waals surface area (Å²) in [5, 5.41) is 3.34. The van der Waals surface area contributed by atoms with Gasteiger partial charge in [-0.15, -0.1) is 0 Å². The summed E-state index contributed by atoms with van der Waals surface area (Å²) in [4.78, 5) is 7.98. The van der Waals surface area contributed by atoms with Crippen molar-refractivity contribution in [1.29, 1.82) is 0 Å². The summed E-state index contributed by atoms with van der Waals surface area (Å²) in [5.41, 5.74) is 0. The molecule has 1 N–H and O–H groups in total. The van der Waals surface area contributed by atoms with Crippen molar-refractivity contribution in [1.82, 2.24) is 9.97 Å². The molecule has 0 radical (unpaired) electrons. The minimum Gasteiger partial charge on any atom is -0.367 e. The van der Waals surface area contributed by atoms with Gasteiger partial charge in [-0.25, -0.2) is 9.97 Å². The Morgan fingerprint density at radius 1 is 1.46 bits per heavy atom. The van der Waals surface area contributed by atoms with E-state index in [4.69, 9.17) is 0 Å². The van der Waals surface area contributed by atoms with Gasteiger partial charge in [0.15, 0.2) is 0 Å². The lowest BCUT2D eigenvalue weighted by Gasteiger charge is -2.19. The van der Waals surface area contributed by atoms with E-state index < -0.39 is 0 Å². The maximum absolute atomic E-state index is 4.11. The molecule has 0 bridgehead atoms. The van der Waals surface area contributed by atoms with Crippen LogP contribution >= 0.6 is 0 Å². The molecule has 72 valence electrons. The summed E-state index contributed by atoms with van der Waals surface area (Å²) in [5.74, 6) is 1.57. The number of nitrogens with one attached hydrogen (secondary N) is 1. The van der Waals surface area contributed by atoms with Crippen LogP contribution in [0.3, 0.4) is 0 Å². The Kier molecular flexibility index (Phi) is 3.68. The summed E-state index contributed by atoms with van der Waals surface area (Å²) in [6, 6.07) is 2.35. The molecule has 0 saturated heterocycles. The van der Waals surface area contributed by atoms with E-state index in [1.54, 1.807) is 12.5 Å². The number of rotatable bonds is 4. The molecule has 0 aliphatic heterocycles. The van der Waals surface area contributed by atoms with Crippen LogP contribution in [0.1, 0.15) is 27.2 Å². The second-order valence-electron chi connectivity index (χ2n) is 3.41. The van der Waals surface area contributed by atoms with Gasteiger partial charge >= 0.3 is 0 Å². The van der Waals surface area contributed by atoms with Crippen molar-refractivity contribution >= 4 is 5.82 Å². The molecular weight excluding hydrogens is 162 g/mol.